The first-order valence-corrected chi connectivity index (χ1v) is 7.96. The van der Waals surface area contributed by atoms with Crippen LogP contribution in [0.3, 0.4) is 0 Å². The highest BCUT2D eigenvalue weighted by Crippen LogP contribution is 2.12. The molecule has 2 aromatic rings. The van der Waals surface area contributed by atoms with Crippen molar-refractivity contribution in [3.05, 3.63) is 50.9 Å². The molecule has 5 nitrogen and oxygen atoms in total. The quantitative estimate of drug-likeness (QED) is 0.641. The monoisotopic (exact) mass is 322 g/mol. The number of halogens is 1. The lowest BCUT2D eigenvalue weighted by molar-refractivity contribution is 0.605. The predicted molar refractivity (Wildman–Crippen MR) is 86.6 cm³/mol. The van der Waals surface area contributed by atoms with Crippen molar-refractivity contribution in [2.24, 2.45) is 5.10 Å². The summed E-state index contributed by atoms with van der Waals surface area (Å²) < 4.78 is 1.27. The minimum Gasteiger partial charge on any atom is -0.265 e. The molecule has 0 aliphatic carbocycles. The van der Waals surface area contributed by atoms with Crippen molar-refractivity contribution in [1.82, 2.24) is 14.9 Å². The summed E-state index contributed by atoms with van der Waals surface area (Å²) in [4.78, 5) is 12.4. The largest absolute Gasteiger partial charge is 0.297 e. The number of hydrogen-bond donors (Lipinski definition) is 0. The van der Waals surface area contributed by atoms with Gasteiger partial charge in [0.1, 0.15) is 5.69 Å². The number of thioether (sulfide) groups is 1. The van der Waals surface area contributed by atoms with Gasteiger partial charge in [0.15, 0.2) is 0 Å². The minimum absolute atomic E-state index is 0.00599. The van der Waals surface area contributed by atoms with Gasteiger partial charge in [-0.15, -0.1) is 10.2 Å². The maximum atomic E-state index is 12.4. The van der Waals surface area contributed by atoms with E-state index in [9.17, 15) is 4.79 Å². The molecule has 0 amide bonds. The molecule has 0 saturated carbocycles. The Bertz CT molecular complexity index is 727. The number of rotatable bonds is 4. The zero-order valence-electron chi connectivity index (χ0n) is 11.9. The van der Waals surface area contributed by atoms with Crippen molar-refractivity contribution < 1.29 is 0 Å². The standard InChI is InChI=1S/C14H15ClN4OS/c1-9(2)12-13(20)19(14(21-3)18-17-12)16-8-10-5-4-6-11(15)7-10/h4-9H,1-3H3. The third-order valence-electron chi connectivity index (χ3n) is 2.74. The van der Waals surface area contributed by atoms with Gasteiger partial charge in [-0.3, -0.25) is 4.79 Å². The molecular weight excluding hydrogens is 308 g/mol. The van der Waals surface area contributed by atoms with Crippen molar-refractivity contribution >= 4 is 29.6 Å². The fraction of sp³-hybridized carbons (Fsp3) is 0.286. The summed E-state index contributed by atoms with van der Waals surface area (Å²) in [6.07, 6.45) is 3.41. The topological polar surface area (TPSA) is 60.1 Å². The second-order valence-corrected chi connectivity index (χ2v) is 5.85. The van der Waals surface area contributed by atoms with Crippen molar-refractivity contribution in [2.45, 2.75) is 24.9 Å². The highest BCUT2D eigenvalue weighted by molar-refractivity contribution is 7.98. The van der Waals surface area contributed by atoms with Crippen molar-refractivity contribution in [3.8, 4) is 0 Å². The predicted octanol–water partition coefficient (Wildman–Crippen LogP) is 3.02. The van der Waals surface area contributed by atoms with E-state index in [0.29, 0.717) is 15.9 Å². The molecule has 1 heterocycles. The van der Waals surface area contributed by atoms with Gasteiger partial charge in [-0.2, -0.15) is 9.78 Å². The fourth-order valence-corrected chi connectivity index (χ4v) is 2.30. The first-order valence-electron chi connectivity index (χ1n) is 6.36. The van der Waals surface area contributed by atoms with Crippen LogP contribution in [0.1, 0.15) is 31.0 Å². The van der Waals surface area contributed by atoms with Crippen LogP contribution in [0, 0.1) is 0 Å². The Balaban J connectivity index is 2.47. The van der Waals surface area contributed by atoms with E-state index in [0.717, 1.165) is 5.56 Å². The molecule has 2 rings (SSSR count). The molecule has 0 aliphatic rings. The number of hydrogen-bond acceptors (Lipinski definition) is 5. The Morgan fingerprint density at radius 1 is 1.38 bits per heavy atom. The van der Waals surface area contributed by atoms with Gasteiger partial charge in [-0.1, -0.05) is 49.3 Å². The Hall–Kier alpha value is -1.66. The zero-order chi connectivity index (χ0) is 15.4. The van der Waals surface area contributed by atoms with E-state index in [-0.39, 0.29) is 11.5 Å². The third-order valence-corrected chi connectivity index (χ3v) is 3.59. The van der Waals surface area contributed by atoms with Gasteiger partial charge in [-0.05, 0) is 24.0 Å². The Morgan fingerprint density at radius 2 is 2.14 bits per heavy atom. The van der Waals surface area contributed by atoms with Gasteiger partial charge < -0.3 is 0 Å². The van der Waals surface area contributed by atoms with E-state index < -0.39 is 0 Å². The van der Waals surface area contributed by atoms with Gasteiger partial charge in [0, 0.05) is 10.9 Å². The van der Waals surface area contributed by atoms with Gasteiger partial charge in [0.05, 0.1) is 6.21 Å². The van der Waals surface area contributed by atoms with Crippen LogP contribution in [0.25, 0.3) is 0 Å². The van der Waals surface area contributed by atoms with E-state index in [1.54, 1.807) is 18.3 Å². The summed E-state index contributed by atoms with van der Waals surface area (Å²) in [5.41, 5.74) is 0.961. The molecule has 7 heteroatoms. The van der Waals surface area contributed by atoms with E-state index in [2.05, 4.69) is 15.3 Å². The molecular formula is C14H15ClN4OS. The van der Waals surface area contributed by atoms with Crippen LogP contribution < -0.4 is 5.56 Å². The molecule has 0 spiro atoms. The molecule has 0 N–H and O–H groups in total. The minimum atomic E-state index is -0.248. The average molecular weight is 323 g/mol. The van der Waals surface area contributed by atoms with Crippen LogP contribution in [0.2, 0.25) is 5.02 Å². The molecule has 0 fully saturated rings. The van der Waals surface area contributed by atoms with Crippen molar-refractivity contribution in [2.75, 3.05) is 6.26 Å². The molecule has 0 saturated heterocycles. The van der Waals surface area contributed by atoms with Gasteiger partial charge in [-0.25, -0.2) is 0 Å². The molecule has 0 unspecified atom stereocenters. The second kappa shape index (κ2) is 6.87. The summed E-state index contributed by atoms with van der Waals surface area (Å²) in [7, 11) is 0. The Morgan fingerprint density at radius 3 is 2.76 bits per heavy atom. The average Bonchev–Trinajstić information content (AvgIpc) is 2.45. The summed E-state index contributed by atoms with van der Waals surface area (Å²) in [6.45, 7) is 3.80. The molecule has 0 radical (unpaired) electrons. The van der Waals surface area contributed by atoms with Gasteiger partial charge in [0.2, 0.25) is 5.16 Å². The van der Waals surface area contributed by atoms with Crippen LogP contribution in [-0.4, -0.2) is 27.3 Å². The number of nitrogens with zero attached hydrogens (tertiary/aromatic N) is 4. The highest BCUT2D eigenvalue weighted by Gasteiger charge is 2.13. The number of aromatic nitrogens is 3. The second-order valence-electron chi connectivity index (χ2n) is 4.64. The summed E-state index contributed by atoms with van der Waals surface area (Å²) >= 11 is 7.24. The van der Waals surface area contributed by atoms with Gasteiger partial charge in [0.25, 0.3) is 5.56 Å². The van der Waals surface area contributed by atoms with E-state index in [1.807, 2.05) is 32.2 Å². The van der Waals surface area contributed by atoms with E-state index in [4.69, 9.17) is 11.6 Å². The summed E-state index contributed by atoms with van der Waals surface area (Å²) in [5.74, 6) is -0.00599. The molecule has 1 aromatic carbocycles. The maximum Gasteiger partial charge on any atom is 0.297 e. The van der Waals surface area contributed by atoms with Crippen LogP contribution in [0.4, 0.5) is 0 Å². The maximum absolute atomic E-state index is 12.4. The van der Waals surface area contributed by atoms with Crippen LogP contribution in [0.15, 0.2) is 39.3 Å². The lowest BCUT2D eigenvalue weighted by Crippen LogP contribution is -2.26. The van der Waals surface area contributed by atoms with E-state index in [1.165, 1.54) is 16.4 Å². The van der Waals surface area contributed by atoms with Crippen molar-refractivity contribution in [3.63, 3.8) is 0 Å². The molecule has 0 bridgehead atoms. The molecule has 21 heavy (non-hydrogen) atoms. The van der Waals surface area contributed by atoms with Crippen molar-refractivity contribution in [1.29, 1.82) is 0 Å². The van der Waals surface area contributed by atoms with E-state index >= 15 is 0 Å². The molecule has 110 valence electrons. The van der Waals surface area contributed by atoms with Crippen LogP contribution >= 0.6 is 23.4 Å². The smallest absolute Gasteiger partial charge is 0.265 e. The molecule has 0 atom stereocenters. The molecule has 1 aromatic heterocycles. The lowest BCUT2D eigenvalue weighted by atomic mass is 10.1. The lowest BCUT2D eigenvalue weighted by Gasteiger charge is -2.07. The SMILES string of the molecule is CSc1nnc(C(C)C)c(=O)n1N=Cc1cccc(Cl)c1. The molecule has 0 aliphatic heterocycles. The first kappa shape index (κ1) is 15.7. The van der Waals surface area contributed by atoms with Crippen LogP contribution in [0.5, 0.6) is 0 Å². The Labute approximate surface area is 132 Å². The fourth-order valence-electron chi connectivity index (χ4n) is 1.68. The van der Waals surface area contributed by atoms with Crippen LogP contribution in [-0.2, 0) is 0 Å². The zero-order valence-corrected chi connectivity index (χ0v) is 13.5. The highest BCUT2D eigenvalue weighted by atomic mass is 35.5. The summed E-state index contributed by atoms with van der Waals surface area (Å²) in [5, 5.41) is 13.3. The van der Waals surface area contributed by atoms with Gasteiger partial charge >= 0.3 is 0 Å². The first-order chi connectivity index (χ1) is 10.0. The number of benzene rings is 1. The summed E-state index contributed by atoms with van der Waals surface area (Å²) in [6, 6.07) is 7.24. The Kier molecular flexibility index (Phi) is 5.14. The third kappa shape index (κ3) is 3.71. The normalized spacial score (nSPS) is 11.5.